The molecule has 0 aliphatic carbocycles. The summed E-state index contributed by atoms with van der Waals surface area (Å²) < 4.78 is 24.7. The smallest absolute Gasteiger partial charge is 0.204 e. The van der Waals surface area contributed by atoms with Crippen LogP contribution in [0.4, 0.5) is 0 Å². The maximum absolute atomic E-state index is 12.4. The van der Waals surface area contributed by atoms with Crippen molar-refractivity contribution >= 4 is 27.0 Å². The Hall–Kier alpha value is -1.46. The summed E-state index contributed by atoms with van der Waals surface area (Å²) in [6.07, 6.45) is 0. The fraction of sp³-hybridized carbons (Fsp3) is 0.154. The van der Waals surface area contributed by atoms with Crippen molar-refractivity contribution in [2.45, 2.75) is 17.6 Å². The Morgan fingerprint density at radius 3 is 2.78 bits per heavy atom. The molecule has 18 heavy (non-hydrogen) atoms. The van der Waals surface area contributed by atoms with Crippen LogP contribution in [0.1, 0.15) is 26.4 Å². The Bertz CT molecular complexity index is 754. The van der Waals surface area contributed by atoms with Crippen molar-refractivity contribution < 1.29 is 13.2 Å². The average Bonchev–Trinajstić information content (AvgIpc) is 2.71. The zero-order valence-corrected chi connectivity index (χ0v) is 11.3. The minimum absolute atomic E-state index is 0.0879. The van der Waals surface area contributed by atoms with Crippen LogP contribution >= 0.6 is 11.3 Å². The van der Waals surface area contributed by atoms with E-state index in [0.29, 0.717) is 21.6 Å². The summed E-state index contributed by atoms with van der Waals surface area (Å²) in [5.41, 5.74) is 1.55. The molecule has 0 spiro atoms. The lowest BCUT2D eigenvalue weighted by molar-refractivity contribution is 0.103. The summed E-state index contributed by atoms with van der Waals surface area (Å²) in [4.78, 5) is 13.1. The van der Waals surface area contributed by atoms with Crippen molar-refractivity contribution in [2.24, 2.45) is 0 Å². The summed E-state index contributed by atoms with van der Waals surface area (Å²) in [5.74, 6) is -0.269. The van der Waals surface area contributed by atoms with Gasteiger partial charge in [0.2, 0.25) is 5.78 Å². The highest BCUT2D eigenvalue weighted by Gasteiger charge is 2.32. The molecule has 0 amide bonds. The van der Waals surface area contributed by atoms with E-state index in [0.717, 1.165) is 0 Å². The number of benzene rings is 1. The summed E-state index contributed by atoms with van der Waals surface area (Å²) in [6.45, 7) is 1.73. The number of thiophene rings is 1. The third-order valence-electron chi connectivity index (χ3n) is 3.07. The highest BCUT2D eigenvalue weighted by Crippen LogP contribution is 2.33. The molecular weight excluding hydrogens is 268 g/mol. The lowest BCUT2D eigenvalue weighted by Crippen LogP contribution is -2.08. The van der Waals surface area contributed by atoms with E-state index in [1.807, 2.05) is 0 Å². The number of sulfone groups is 1. The van der Waals surface area contributed by atoms with Crippen LogP contribution in [-0.4, -0.2) is 14.2 Å². The molecular formula is C13H10O3S2. The van der Waals surface area contributed by atoms with Crippen molar-refractivity contribution in [3.8, 4) is 0 Å². The van der Waals surface area contributed by atoms with Gasteiger partial charge in [0.15, 0.2) is 9.84 Å². The molecule has 1 aromatic carbocycles. The Kier molecular flexibility index (Phi) is 2.43. The molecule has 0 unspecified atom stereocenters. The van der Waals surface area contributed by atoms with Crippen LogP contribution in [0.5, 0.6) is 0 Å². The number of hydrogen-bond acceptors (Lipinski definition) is 4. The zero-order chi connectivity index (χ0) is 12.9. The molecule has 0 radical (unpaired) electrons. The van der Waals surface area contributed by atoms with Gasteiger partial charge in [0.25, 0.3) is 0 Å². The van der Waals surface area contributed by atoms with Crippen LogP contribution in [0.15, 0.2) is 34.5 Å². The molecule has 1 aromatic heterocycles. The number of fused-ring (bicyclic) bond motifs is 2. The summed E-state index contributed by atoms with van der Waals surface area (Å²) in [7, 11) is -3.44. The maximum atomic E-state index is 12.4. The standard InChI is InChI=1S/C13H10O3S2/c1-8-3-2-4-10-11(14)12-9(5-6-17-12)7-18(15,16)13(8)10/h2-6H,7H2,1H3. The molecule has 0 saturated carbocycles. The highest BCUT2D eigenvalue weighted by molar-refractivity contribution is 7.90. The quantitative estimate of drug-likeness (QED) is 0.744. The average molecular weight is 278 g/mol. The van der Waals surface area contributed by atoms with E-state index in [9.17, 15) is 13.2 Å². The Balaban J connectivity index is 2.43. The Morgan fingerprint density at radius 1 is 1.22 bits per heavy atom. The molecule has 3 rings (SSSR count). The summed E-state index contributed by atoms with van der Waals surface area (Å²) in [5, 5.41) is 1.76. The van der Waals surface area contributed by atoms with Crippen LogP contribution in [0.25, 0.3) is 0 Å². The number of carbonyl (C=O) groups is 1. The number of aryl methyl sites for hydroxylation is 1. The second-order valence-electron chi connectivity index (χ2n) is 4.31. The number of ketones is 1. The second-order valence-corrected chi connectivity index (χ2v) is 7.16. The molecule has 0 saturated heterocycles. The topological polar surface area (TPSA) is 51.2 Å². The van der Waals surface area contributed by atoms with Gasteiger partial charge in [-0.15, -0.1) is 11.3 Å². The first kappa shape index (κ1) is 11.6. The molecule has 1 aliphatic rings. The normalized spacial score (nSPS) is 16.8. The minimum Gasteiger partial charge on any atom is -0.288 e. The van der Waals surface area contributed by atoms with Gasteiger partial charge < -0.3 is 0 Å². The second kappa shape index (κ2) is 3.76. The van der Waals surface area contributed by atoms with E-state index in [4.69, 9.17) is 0 Å². The van der Waals surface area contributed by atoms with Gasteiger partial charge in [-0.1, -0.05) is 12.1 Å². The molecule has 3 nitrogen and oxygen atoms in total. The van der Waals surface area contributed by atoms with Gasteiger partial charge in [0, 0.05) is 5.56 Å². The predicted octanol–water partition coefficient (Wildman–Crippen LogP) is 2.57. The highest BCUT2D eigenvalue weighted by atomic mass is 32.2. The third kappa shape index (κ3) is 1.54. The predicted molar refractivity (Wildman–Crippen MR) is 69.8 cm³/mol. The van der Waals surface area contributed by atoms with E-state index in [-0.39, 0.29) is 16.4 Å². The van der Waals surface area contributed by atoms with E-state index in [1.165, 1.54) is 11.3 Å². The van der Waals surface area contributed by atoms with Crippen molar-refractivity contribution in [1.29, 1.82) is 0 Å². The fourth-order valence-corrected chi connectivity index (χ4v) is 5.11. The Morgan fingerprint density at radius 2 is 2.00 bits per heavy atom. The van der Waals surface area contributed by atoms with Crippen molar-refractivity contribution in [2.75, 3.05) is 0 Å². The van der Waals surface area contributed by atoms with E-state index < -0.39 is 9.84 Å². The van der Waals surface area contributed by atoms with Gasteiger partial charge in [-0.25, -0.2) is 8.42 Å². The summed E-state index contributed by atoms with van der Waals surface area (Å²) in [6, 6.07) is 6.76. The Labute approximate surface area is 109 Å². The fourth-order valence-electron chi connectivity index (χ4n) is 2.29. The monoisotopic (exact) mass is 278 g/mol. The summed E-state index contributed by atoms with van der Waals surface area (Å²) >= 11 is 1.30. The van der Waals surface area contributed by atoms with Crippen LogP contribution in [0.3, 0.4) is 0 Å². The first-order valence-electron chi connectivity index (χ1n) is 5.44. The minimum atomic E-state index is -3.44. The molecule has 0 bridgehead atoms. The van der Waals surface area contributed by atoms with E-state index in [2.05, 4.69) is 0 Å². The lowest BCUT2D eigenvalue weighted by Gasteiger charge is -2.08. The molecule has 0 fully saturated rings. The van der Waals surface area contributed by atoms with Crippen LogP contribution < -0.4 is 0 Å². The zero-order valence-electron chi connectivity index (χ0n) is 9.64. The van der Waals surface area contributed by atoms with Gasteiger partial charge in [-0.2, -0.15) is 0 Å². The third-order valence-corrected chi connectivity index (χ3v) is 5.88. The molecule has 2 heterocycles. The molecule has 92 valence electrons. The molecule has 5 heteroatoms. The van der Waals surface area contributed by atoms with Gasteiger partial charge in [-0.3, -0.25) is 4.79 Å². The van der Waals surface area contributed by atoms with Crippen LogP contribution in [0.2, 0.25) is 0 Å². The van der Waals surface area contributed by atoms with Crippen molar-refractivity contribution in [3.63, 3.8) is 0 Å². The van der Waals surface area contributed by atoms with Gasteiger partial charge in [0.05, 0.1) is 15.5 Å². The lowest BCUT2D eigenvalue weighted by atomic mass is 10.1. The van der Waals surface area contributed by atoms with Gasteiger partial charge >= 0.3 is 0 Å². The first-order valence-corrected chi connectivity index (χ1v) is 7.97. The molecule has 0 N–H and O–H groups in total. The van der Waals surface area contributed by atoms with E-state index in [1.54, 1.807) is 36.6 Å². The first-order chi connectivity index (χ1) is 8.50. The number of hydrogen-bond donors (Lipinski definition) is 0. The van der Waals surface area contributed by atoms with Gasteiger partial charge in [-0.05, 0) is 35.6 Å². The van der Waals surface area contributed by atoms with Crippen LogP contribution in [0, 0.1) is 6.92 Å². The number of rotatable bonds is 0. The molecule has 2 aromatic rings. The maximum Gasteiger partial charge on any atom is 0.204 e. The molecule has 1 aliphatic heterocycles. The number of carbonyl (C=O) groups excluding carboxylic acids is 1. The largest absolute Gasteiger partial charge is 0.288 e. The van der Waals surface area contributed by atoms with Crippen molar-refractivity contribution in [3.05, 3.63) is 51.2 Å². The van der Waals surface area contributed by atoms with Crippen LogP contribution in [-0.2, 0) is 15.6 Å². The van der Waals surface area contributed by atoms with E-state index >= 15 is 0 Å². The van der Waals surface area contributed by atoms with Gasteiger partial charge in [0.1, 0.15) is 0 Å². The van der Waals surface area contributed by atoms with Crippen molar-refractivity contribution in [1.82, 2.24) is 0 Å². The SMILES string of the molecule is Cc1cccc2c1S(=O)(=O)Cc1ccsc1C2=O. The molecule has 0 atom stereocenters.